The van der Waals surface area contributed by atoms with Crippen LogP contribution >= 0.6 is 0 Å². The van der Waals surface area contributed by atoms with Gasteiger partial charge in [-0.15, -0.1) is 0 Å². The molecule has 3 rings (SSSR count). The third-order valence-corrected chi connectivity index (χ3v) is 5.50. The van der Waals surface area contributed by atoms with Gasteiger partial charge in [0, 0.05) is 41.7 Å². The molecular formula is C20H20F3N3O4S. The number of primary sulfonamides is 1. The Bertz CT molecular complexity index is 1230. The van der Waals surface area contributed by atoms with Crippen LogP contribution < -0.4 is 19.5 Å². The number of hydrogen-bond donors (Lipinski definition) is 1. The smallest absolute Gasteiger partial charge is 0.272 e. The highest BCUT2D eigenvalue weighted by molar-refractivity contribution is 7.89. The Kier molecular flexibility index (Phi) is 6.27. The molecule has 0 saturated carbocycles. The summed E-state index contributed by atoms with van der Waals surface area (Å²) in [7, 11) is 0.560. The summed E-state index contributed by atoms with van der Waals surface area (Å²) in [5, 5.41) is 6.46. The summed E-state index contributed by atoms with van der Waals surface area (Å²) in [6.45, 7) is -1.06. The molecule has 0 fully saturated rings. The standard InChI is InChI=1S/C20H20F3N3O4S/c1-26(2)16-6-4-5-12-11(16)7-8-13(18(12)31(24,27)28)14-9-15(21)20(25-19(14)29-3)30-10-17(22)23/h4-9,17H,10H2,1-3H3,(H2,24,27,28). The Hall–Kier alpha value is -3.05. The third-order valence-electron chi connectivity index (χ3n) is 4.49. The second-order valence-corrected chi connectivity index (χ2v) is 8.29. The number of methoxy groups -OCH3 is 1. The molecule has 166 valence electrons. The van der Waals surface area contributed by atoms with Gasteiger partial charge in [-0.25, -0.2) is 26.7 Å². The lowest BCUT2D eigenvalue weighted by Gasteiger charge is -2.19. The Morgan fingerprint density at radius 1 is 1.10 bits per heavy atom. The minimum Gasteiger partial charge on any atom is -0.480 e. The highest BCUT2D eigenvalue weighted by Crippen LogP contribution is 2.40. The Labute approximate surface area is 177 Å². The minimum absolute atomic E-state index is 0.0226. The molecule has 0 bridgehead atoms. The maximum absolute atomic E-state index is 14.5. The monoisotopic (exact) mass is 455 g/mol. The van der Waals surface area contributed by atoms with Gasteiger partial charge in [-0.05, 0) is 12.1 Å². The van der Waals surface area contributed by atoms with E-state index in [0.29, 0.717) is 10.8 Å². The highest BCUT2D eigenvalue weighted by atomic mass is 32.2. The van der Waals surface area contributed by atoms with Crippen LogP contribution in [-0.4, -0.2) is 47.6 Å². The highest BCUT2D eigenvalue weighted by Gasteiger charge is 2.25. The second kappa shape index (κ2) is 8.60. The zero-order valence-electron chi connectivity index (χ0n) is 16.9. The van der Waals surface area contributed by atoms with Crippen molar-refractivity contribution in [3.8, 4) is 22.9 Å². The van der Waals surface area contributed by atoms with Crippen LogP contribution in [0.5, 0.6) is 11.8 Å². The summed E-state index contributed by atoms with van der Waals surface area (Å²) in [6.07, 6.45) is -2.83. The van der Waals surface area contributed by atoms with Crippen molar-refractivity contribution in [1.82, 2.24) is 4.98 Å². The van der Waals surface area contributed by atoms with Crippen LogP contribution in [0.3, 0.4) is 0 Å². The zero-order valence-corrected chi connectivity index (χ0v) is 17.7. The Morgan fingerprint density at radius 3 is 2.39 bits per heavy atom. The number of rotatable bonds is 7. The summed E-state index contributed by atoms with van der Waals surface area (Å²) in [6, 6.07) is 9.13. The van der Waals surface area contributed by atoms with Crippen molar-refractivity contribution in [2.45, 2.75) is 11.3 Å². The van der Waals surface area contributed by atoms with E-state index in [1.54, 1.807) is 32.3 Å². The number of sulfonamides is 1. The maximum Gasteiger partial charge on any atom is 0.272 e. The van der Waals surface area contributed by atoms with Gasteiger partial charge in [-0.1, -0.05) is 24.3 Å². The normalized spacial score (nSPS) is 11.7. The fraction of sp³-hybridized carbons (Fsp3) is 0.250. The van der Waals surface area contributed by atoms with Crippen molar-refractivity contribution in [2.75, 3.05) is 32.7 Å². The van der Waals surface area contributed by atoms with Crippen LogP contribution in [-0.2, 0) is 10.0 Å². The summed E-state index contributed by atoms with van der Waals surface area (Å²) in [5.41, 5.74) is 0.779. The summed E-state index contributed by atoms with van der Waals surface area (Å²) >= 11 is 0. The molecule has 0 aliphatic heterocycles. The van der Waals surface area contributed by atoms with E-state index in [-0.39, 0.29) is 21.9 Å². The van der Waals surface area contributed by atoms with E-state index in [1.165, 1.54) is 13.2 Å². The van der Waals surface area contributed by atoms with Crippen molar-refractivity contribution in [2.24, 2.45) is 5.14 Å². The zero-order chi connectivity index (χ0) is 22.9. The molecule has 0 aliphatic rings. The van der Waals surface area contributed by atoms with E-state index in [1.807, 2.05) is 11.0 Å². The lowest BCUT2D eigenvalue weighted by Crippen LogP contribution is -2.15. The van der Waals surface area contributed by atoms with E-state index in [4.69, 9.17) is 9.88 Å². The summed E-state index contributed by atoms with van der Waals surface area (Å²) < 4.78 is 74.3. The molecule has 31 heavy (non-hydrogen) atoms. The molecule has 0 aliphatic carbocycles. The average molecular weight is 455 g/mol. The first-order valence-corrected chi connectivity index (χ1v) is 10.5. The van der Waals surface area contributed by atoms with Crippen LogP contribution in [0, 0.1) is 5.82 Å². The van der Waals surface area contributed by atoms with Crippen molar-refractivity contribution >= 4 is 26.5 Å². The number of aromatic nitrogens is 1. The lowest BCUT2D eigenvalue weighted by molar-refractivity contribution is 0.0770. The SMILES string of the molecule is COc1nc(OCC(F)F)c(F)cc1-c1ccc2c(N(C)C)cccc2c1S(N)(=O)=O. The fourth-order valence-corrected chi connectivity index (χ4v) is 4.24. The number of hydrogen-bond acceptors (Lipinski definition) is 6. The van der Waals surface area contributed by atoms with E-state index in [2.05, 4.69) is 9.72 Å². The number of nitrogens with two attached hydrogens (primary N) is 1. The molecule has 3 aromatic rings. The van der Waals surface area contributed by atoms with Crippen LogP contribution in [0.1, 0.15) is 0 Å². The van der Waals surface area contributed by atoms with Gasteiger partial charge in [-0.3, -0.25) is 0 Å². The number of nitrogens with zero attached hydrogens (tertiary/aromatic N) is 2. The first kappa shape index (κ1) is 22.6. The van der Waals surface area contributed by atoms with Gasteiger partial charge >= 0.3 is 0 Å². The molecule has 0 amide bonds. The first-order chi connectivity index (χ1) is 14.5. The molecule has 2 N–H and O–H groups in total. The number of anilines is 1. The molecule has 0 spiro atoms. The van der Waals surface area contributed by atoms with Crippen LogP contribution in [0.15, 0.2) is 41.3 Å². The number of fused-ring (bicyclic) bond motifs is 1. The van der Waals surface area contributed by atoms with Gasteiger partial charge in [0.1, 0.15) is 0 Å². The molecule has 0 radical (unpaired) electrons. The average Bonchev–Trinajstić information content (AvgIpc) is 2.70. The van der Waals surface area contributed by atoms with Crippen molar-refractivity contribution < 1.29 is 31.1 Å². The summed E-state index contributed by atoms with van der Waals surface area (Å²) in [5.74, 6) is -1.95. The van der Waals surface area contributed by atoms with Gasteiger partial charge in [0.25, 0.3) is 12.3 Å². The first-order valence-electron chi connectivity index (χ1n) is 8.96. The molecule has 0 unspecified atom stereocenters. The second-order valence-electron chi connectivity index (χ2n) is 6.79. The van der Waals surface area contributed by atoms with Crippen molar-refractivity contribution in [3.63, 3.8) is 0 Å². The topological polar surface area (TPSA) is 94.8 Å². The number of halogens is 3. The molecule has 0 saturated heterocycles. The van der Waals surface area contributed by atoms with E-state index in [0.717, 1.165) is 11.8 Å². The minimum atomic E-state index is -4.27. The predicted octanol–water partition coefficient (Wildman–Crippen LogP) is 3.41. The molecule has 11 heteroatoms. The van der Waals surface area contributed by atoms with E-state index < -0.39 is 34.8 Å². The Morgan fingerprint density at radius 2 is 1.81 bits per heavy atom. The van der Waals surface area contributed by atoms with E-state index >= 15 is 0 Å². The fourth-order valence-electron chi connectivity index (χ4n) is 3.27. The molecule has 1 heterocycles. The van der Waals surface area contributed by atoms with Gasteiger partial charge in [0.05, 0.1) is 12.0 Å². The third kappa shape index (κ3) is 4.52. The summed E-state index contributed by atoms with van der Waals surface area (Å²) in [4.78, 5) is 5.36. The van der Waals surface area contributed by atoms with E-state index in [9.17, 15) is 21.6 Å². The van der Waals surface area contributed by atoms with Gasteiger partial charge in [0.2, 0.25) is 15.9 Å². The quantitative estimate of drug-likeness (QED) is 0.587. The van der Waals surface area contributed by atoms with Gasteiger partial charge in [-0.2, -0.15) is 4.98 Å². The predicted molar refractivity (Wildman–Crippen MR) is 111 cm³/mol. The van der Waals surface area contributed by atoms with Crippen LogP contribution in [0.4, 0.5) is 18.9 Å². The molecule has 7 nitrogen and oxygen atoms in total. The molecule has 0 atom stereocenters. The van der Waals surface area contributed by atoms with Gasteiger partial charge in [0.15, 0.2) is 12.4 Å². The number of benzene rings is 2. The van der Waals surface area contributed by atoms with Crippen molar-refractivity contribution in [1.29, 1.82) is 0 Å². The largest absolute Gasteiger partial charge is 0.480 e. The molecule has 2 aromatic carbocycles. The Balaban J connectivity index is 2.31. The number of pyridine rings is 1. The number of ether oxygens (including phenoxy) is 2. The van der Waals surface area contributed by atoms with Crippen LogP contribution in [0.25, 0.3) is 21.9 Å². The lowest BCUT2D eigenvalue weighted by atomic mass is 10.0. The maximum atomic E-state index is 14.5. The van der Waals surface area contributed by atoms with Crippen LogP contribution in [0.2, 0.25) is 0 Å². The van der Waals surface area contributed by atoms with Crippen molar-refractivity contribution in [3.05, 3.63) is 42.2 Å². The molecule has 1 aromatic heterocycles. The molecular weight excluding hydrogens is 435 g/mol. The number of alkyl halides is 2. The van der Waals surface area contributed by atoms with Gasteiger partial charge < -0.3 is 14.4 Å².